The van der Waals surface area contributed by atoms with Crippen molar-refractivity contribution in [1.82, 2.24) is 5.32 Å². The van der Waals surface area contributed by atoms with Crippen LogP contribution in [0.1, 0.15) is 24.2 Å². The maximum Gasteiger partial charge on any atom is 0.254 e. The van der Waals surface area contributed by atoms with Crippen molar-refractivity contribution in [3.8, 4) is 0 Å². The van der Waals surface area contributed by atoms with Gasteiger partial charge in [-0.25, -0.2) is 0 Å². The van der Waals surface area contributed by atoms with Crippen molar-refractivity contribution in [1.29, 1.82) is 0 Å². The molecule has 18 heavy (non-hydrogen) atoms. The number of furan rings is 1. The van der Waals surface area contributed by atoms with Crippen molar-refractivity contribution in [2.75, 3.05) is 19.8 Å². The van der Waals surface area contributed by atoms with Gasteiger partial charge in [0.05, 0.1) is 18.3 Å². The molecular formula is C12H18BrNO4. The lowest BCUT2D eigenvalue weighted by atomic mass is 10.2. The van der Waals surface area contributed by atoms with E-state index in [1.54, 1.807) is 6.07 Å². The summed E-state index contributed by atoms with van der Waals surface area (Å²) in [4.78, 5) is 11.6. The van der Waals surface area contributed by atoms with Crippen LogP contribution in [-0.2, 0) is 4.74 Å². The van der Waals surface area contributed by atoms with Gasteiger partial charge in [0.1, 0.15) is 6.26 Å². The molecule has 0 aromatic carbocycles. The molecule has 1 aromatic rings. The molecule has 1 atom stereocenters. The van der Waals surface area contributed by atoms with Gasteiger partial charge in [-0.05, 0) is 21.8 Å². The van der Waals surface area contributed by atoms with Crippen molar-refractivity contribution in [3.05, 3.63) is 22.6 Å². The molecule has 6 heteroatoms. The zero-order chi connectivity index (χ0) is 13.5. The molecule has 1 rings (SSSR count). The first-order chi connectivity index (χ1) is 8.49. The first-order valence-electron chi connectivity index (χ1n) is 5.77. The van der Waals surface area contributed by atoms with Gasteiger partial charge in [0.2, 0.25) is 0 Å². The normalized spacial score (nSPS) is 12.7. The van der Waals surface area contributed by atoms with E-state index in [0.717, 1.165) is 0 Å². The molecule has 1 unspecified atom stereocenters. The van der Waals surface area contributed by atoms with Crippen molar-refractivity contribution >= 4 is 21.8 Å². The highest BCUT2D eigenvalue weighted by atomic mass is 79.9. The molecule has 1 heterocycles. The van der Waals surface area contributed by atoms with Crippen LogP contribution in [0, 0.1) is 5.92 Å². The molecule has 102 valence electrons. The van der Waals surface area contributed by atoms with E-state index in [4.69, 9.17) is 9.15 Å². The average molecular weight is 320 g/mol. The van der Waals surface area contributed by atoms with Crippen LogP contribution in [0.5, 0.6) is 0 Å². The van der Waals surface area contributed by atoms with Crippen LogP contribution in [-0.4, -0.2) is 36.9 Å². The maximum atomic E-state index is 11.6. The molecule has 0 saturated heterocycles. The molecule has 2 N–H and O–H groups in total. The predicted molar refractivity (Wildman–Crippen MR) is 70.4 cm³/mol. The monoisotopic (exact) mass is 319 g/mol. The van der Waals surface area contributed by atoms with Gasteiger partial charge in [-0.1, -0.05) is 13.8 Å². The number of ether oxygens (including phenoxy) is 1. The van der Waals surface area contributed by atoms with Crippen molar-refractivity contribution in [2.45, 2.75) is 20.0 Å². The molecule has 1 aromatic heterocycles. The van der Waals surface area contributed by atoms with Crippen molar-refractivity contribution in [2.24, 2.45) is 5.92 Å². The number of carbonyl (C=O) groups excluding carboxylic acids is 1. The van der Waals surface area contributed by atoms with E-state index < -0.39 is 6.10 Å². The summed E-state index contributed by atoms with van der Waals surface area (Å²) in [6.07, 6.45) is 0.643. The Labute approximate surface area is 115 Å². The fourth-order valence-electron chi connectivity index (χ4n) is 1.24. The molecule has 0 saturated carbocycles. The smallest absolute Gasteiger partial charge is 0.254 e. The fraction of sp³-hybridized carbons (Fsp3) is 0.583. The van der Waals surface area contributed by atoms with Gasteiger partial charge in [-0.3, -0.25) is 4.79 Å². The van der Waals surface area contributed by atoms with Gasteiger partial charge in [-0.15, -0.1) is 0 Å². The molecule has 0 bridgehead atoms. The minimum Gasteiger partial charge on any atom is -0.457 e. The van der Waals surface area contributed by atoms with E-state index in [0.29, 0.717) is 22.8 Å². The Balaban J connectivity index is 2.22. The molecular weight excluding hydrogens is 302 g/mol. The zero-order valence-electron chi connectivity index (χ0n) is 10.5. The Morgan fingerprint density at radius 3 is 2.83 bits per heavy atom. The van der Waals surface area contributed by atoms with Gasteiger partial charge < -0.3 is 19.6 Å². The van der Waals surface area contributed by atoms with E-state index >= 15 is 0 Å². The van der Waals surface area contributed by atoms with E-state index in [1.807, 2.05) is 13.8 Å². The standard InChI is InChI=1S/C12H18BrNO4/c1-8(2)5-17-7-10(15)4-14-12(16)9-3-11(13)18-6-9/h3,6,8,10,15H,4-5,7H2,1-2H3,(H,14,16). The number of aliphatic hydroxyl groups is 1. The second kappa shape index (κ2) is 7.56. The van der Waals surface area contributed by atoms with E-state index in [9.17, 15) is 9.90 Å². The number of hydrogen-bond donors (Lipinski definition) is 2. The van der Waals surface area contributed by atoms with Crippen LogP contribution in [0.3, 0.4) is 0 Å². The maximum absolute atomic E-state index is 11.6. The van der Waals surface area contributed by atoms with Gasteiger partial charge >= 0.3 is 0 Å². The van der Waals surface area contributed by atoms with Crippen molar-refractivity contribution in [3.63, 3.8) is 0 Å². The Morgan fingerprint density at radius 1 is 1.56 bits per heavy atom. The van der Waals surface area contributed by atoms with E-state index in [-0.39, 0.29) is 19.1 Å². The third-order valence-corrected chi connectivity index (χ3v) is 2.51. The molecule has 0 aliphatic heterocycles. The highest BCUT2D eigenvalue weighted by Gasteiger charge is 2.11. The first kappa shape index (κ1) is 15.2. The minimum atomic E-state index is -0.706. The third kappa shape index (κ3) is 5.66. The molecule has 0 spiro atoms. The molecule has 0 fully saturated rings. The second-order valence-corrected chi connectivity index (χ2v) is 5.22. The topological polar surface area (TPSA) is 71.7 Å². The van der Waals surface area contributed by atoms with Crippen LogP contribution >= 0.6 is 15.9 Å². The lowest BCUT2D eigenvalue weighted by Crippen LogP contribution is -2.34. The molecule has 5 nitrogen and oxygen atoms in total. The SMILES string of the molecule is CC(C)COCC(O)CNC(=O)c1coc(Br)c1. The Morgan fingerprint density at radius 2 is 2.28 bits per heavy atom. The summed E-state index contributed by atoms with van der Waals surface area (Å²) in [6, 6.07) is 1.57. The van der Waals surface area contributed by atoms with Gasteiger partial charge in [-0.2, -0.15) is 0 Å². The summed E-state index contributed by atoms with van der Waals surface area (Å²) in [5, 5.41) is 12.2. The highest BCUT2D eigenvalue weighted by molar-refractivity contribution is 9.10. The molecule has 0 radical (unpaired) electrons. The summed E-state index contributed by atoms with van der Waals surface area (Å²) < 4.78 is 10.7. The summed E-state index contributed by atoms with van der Waals surface area (Å²) in [5.74, 6) is 0.141. The quantitative estimate of drug-likeness (QED) is 0.804. The summed E-state index contributed by atoms with van der Waals surface area (Å²) in [5.41, 5.74) is 0.414. The van der Waals surface area contributed by atoms with Crippen LogP contribution in [0.25, 0.3) is 0 Å². The second-order valence-electron chi connectivity index (χ2n) is 4.43. The summed E-state index contributed by atoms with van der Waals surface area (Å²) in [6.45, 7) is 5.03. The largest absolute Gasteiger partial charge is 0.457 e. The first-order valence-corrected chi connectivity index (χ1v) is 6.56. The lowest BCUT2D eigenvalue weighted by Gasteiger charge is -2.13. The molecule has 0 aliphatic rings. The Kier molecular flexibility index (Phi) is 6.38. The van der Waals surface area contributed by atoms with E-state index in [2.05, 4.69) is 21.2 Å². The van der Waals surface area contributed by atoms with Crippen LogP contribution in [0.15, 0.2) is 21.4 Å². The number of hydrogen-bond acceptors (Lipinski definition) is 4. The zero-order valence-corrected chi connectivity index (χ0v) is 12.1. The summed E-state index contributed by atoms with van der Waals surface area (Å²) >= 11 is 3.11. The number of nitrogens with one attached hydrogen (secondary N) is 1. The van der Waals surface area contributed by atoms with Crippen LogP contribution < -0.4 is 5.32 Å². The lowest BCUT2D eigenvalue weighted by molar-refractivity contribution is 0.0259. The Hall–Kier alpha value is -0.850. The molecule has 0 aliphatic carbocycles. The van der Waals surface area contributed by atoms with E-state index in [1.165, 1.54) is 6.26 Å². The summed E-state index contributed by atoms with van der Waals surface area (Å²) in [7, 11) is 0. The number of carbonyl (C=O) groups is 1. The van der Waals surface area contributed by atoms with Crippen LogP contribution in [0.2, 0.25) is 0 Å². The predicted octanol–water partition coefficient (Wildman–Crippen LogP) is 1.81. The van der Waals surface area contributed by atoms with Gasteiger partial charge in [0.25, 0.3) is 5.91 Å². The number of amides is 1. The minimum absolute atomic E-state index is 0.153. The van der Waals surface area contributed by atoms with Crippen molar-refractivity contribution < 1.29 is 19.1 Å². The number of rotatable bonds is 7. The third-order valence-electron chi connectivity index (χ3n) is 2.09. The van der Waals surface area contributed by atoms with Gasteiger partial charge in [0.15, 0.2) is 4.67 Å². The average Bonchev–Trinajstić information content (AvgIpc) is 2.72. The number of halogens is 1. The molecule has 1 amide bonds. The Bertz CT molecular complexity index is 378. The highest BCUT2D eigenvalue weighted by Crippen LogP contribution is 2.13. The number of aliphatic hydroxyl groups excluding tert-OH is 1. The fourth-order valence-corrected chi connectivity index (χ4v) is 1.58. The van der Waals surface area contributed by atoms with Crippen LogP contribution in [0.4, 0.5) is 0 Å². The van der Waals surface area contributed by atoms with Gasteiger partial charge in [0, 0.05) is 19.2 Å².